The Morgan fingerprint density at radius 3 is 2.57 bits per heavy atom. The van der Waals surface area contributed by atoms with E-state index in [9.17, 15) is 17.6 Å². The van der Waals surface area contributed by atoms with Gasteiger partial charge in [0.1, 0.15) is 11.6 Å². The molecule has 0 radical (unpaired) electrons. The van der Waals surface area contributed by atoms with Crippen molar-refractivity contribution >= 4 is 5.57 Å². The number of rotatable bonds is 4. The summed E-state index contributed by atoms with van der Waals surface area (Å²) in [6.45, 7) is 3.79. The second-order valence-corrected chi connectivity index (χ2v) is 6.67. The van der Waals surface area contributed by atoms with E-state index in [2.05, 4.69) is 10.1 Å². The Morgan fingerprint density at radius 1 is 1.30 bits per heavy atom. The molecule has 0 aromatic carbocycles. The van der Waals surface area contributed by atoms with Gasteiger partial charge >= 0.3 is 6.18 Å². The molecule has 0 saturated heterocycles. The molecule has 3 heterocycles. The van der Waals surface area contributed by atoms with Gasteiger partial charge in [-0.3, -0.25) is 9.67 Å². The van der Waals surface area contributed by atoms with Crippen molar-refractivity contribution in [3.8, 4) is 5.75 Å². The molecule has 4 nitrogen and oxygen atoms in total. The third-order valence-corrected chi connectivity index (χ3v) is 4.40. The van der Waals surface area contributed by atoms with Crippen LogP contribution in [0.15, 0.2) is 60.2 Å². The Balaban J connectivity index is 0.000000386. The van der Waals surface area contributed by atoms with E-state index in [4.69, 9.17) is 5.11 Å². The quantitative estimate of drug-likeness (QED) is 0.473. The molecule has 1 N–H and O–H groups in total. The van der Waals surface area contributed by atoms with Gasteiger partial charge in [-0.1, -0.05) is 19.1 Å². The largest absolute Gasteiger partial charge is 0.506 e. The predicted octanol–water partition coefficient (Wildman–Crippen LogP) is 6.16. The highest BCUT2D eigenvalue weighted by Gasteiger charge is 2.32. The molecule has 0 bridgehead atoms. The summed E-state index contributed by atoms with van der Waals surface area (Å²) in [6.07, 6.45) is 4.57. The van der Waals surface area contributed by atoms with Crippen molar-refractivity contribution in [2.45, 2.75) is 52.3 Å². The van der Waals surface area contributed by atoms with E-state index in [0.717, 1.165) is 49.7 Å². The van der Waals surface area contributed by atoms with Gasteiger partial charge in [-0.25, -0.2) is 4.39 Å². The number of halogens is 4. The molecule has 2 aromatic rings. The first-order valence-corrected chi connectivity index (χ1v) is 9.73. The van der Waals surface area contributed by atoms with E-state index < -0.39 is 17.6 Å². The van der Waals surface area contributed by atoms with Crippen LogP contribution in [0.4, 0.5) is 17.6 Å². The number of aromatic nitrogens is 3. The predicted molar refractivity (Wildman–Crippen MR) is 108 cm³/mol. The standard InChI is InChI=1S/C17H20F4N2.C5H5NO/c1-3-7-12(17(19,20)21)10-14(15(18)4-2)16-11-13-8-5-6-9-23(13)22-16;7-5-2-1-3-6-4-5/h4,7,10-11H,3,5-6,8-9H2,1-2H3;1-4,7H/b12-7-,14-10+,15-4+;. The molecule has 162 valence electrons. The Hall–Kier alpha value is -2.90. The van der Waals surface area contributed by atoms with Gasteiger partial charge in [0.2, 0.25) is 0 Å². The number of aromatic hydroxyl groups is 1. The maximum absolute atomic E-state index is 14.2. The maximum atomic E-state index is 14.2. The summed E-state index contributed by atoms with van der Waals surface area (Å²) in [5, 5.41) is 12.9. The second-order valence-electron chi connectivity index (χ2n) is 6.67. The fraction of sp³-hybridized carbons (Fsp3) is 0.364. The van der Waals surface area contributed by atoms with Crippen LogP contribution in [-0.2, 0) is 13.0 Å². The van der Waals surface area contributed by atoms with Gasteiger partial charge in [-0.05, 0) is 56.9 Å². The number of allylic oxidation sites excluding steroid dienone is 6. The van der Waals surface area contributed by atoms with Crippen LogP contribution in [0.5, 0.6) is 5.75 Å². The van der Waals surface area contributed by atoms with Crippen molar-refractivity contribution in [2.24, 2.45) is 0 Å². The molecular weight excluding hydrogens is 398 g/mol. The molecule has 0 aliphatic carbocycles. The molecule has 1 aliphatic heterocycles. The average Bonchev–Trinajstić information content (AvgIpc) is 3.14. The number of hydrogen-bond acceptors (Lipinski definition) is 3. The van der Waals surface area contributed by atoms with E-state index in [0.29, 0.717) is 0 Å². The zero-order valence-electron chi connectivity index (χ0n) is 17.0. The molecule has 0 atom stereocenters. The van der Waals surface area contributed by atoms with Gasteiger partial charge in [0.25, 0.3) is 0 Å². The van der Waals surface area contributed by atoms with E-state index in [1.807, 2.05) is 0 Å². The van der Waals surface area contributed by atoms with Crippen molar-refractivity contribution < 1.29 is 22.7 Å². The van der Waals surface area contributed by atoms with Gasteiger partial charge in [-0.2, -0.15) is 18.3 Å². The summed E-state index contributed by atoms with van der Waals surface area (Å²) in [5.41, 5.74) is 0.224. The van der Waals surface area contributed by atoms with Crippen LogP contribution in [-0.4, -0.2) is 26.0 Å². The summed E-state index contributed by atoms with van der Waals surface area (Å²) in [4.78, 5) is 3.63. The molecule has 0 spiro atoms. The highest BCUT2D eigenvalue weighted by atomic mass is 19.4. The van der Waals surface area contributed by atoms with Crippen molar-refractivity contribution in [2.75, 3.05) is 0 Å². The van der Waals surface area contributed by atoms with Crippen molar-refractivity contribution in [3.63, 3.8) is 0 Å². The van der Waals surface area contributed by atoms with E-state index in [-0.39, 0.29) is 23.4 Å². The highest BCUT2D eigenvalue weighted by molar-refractivity contribution is 5.77. The second kappa shape index (κ2) is 10.8. The van der Waals surface area contributed by atoms with Crippen LogP contribution in [0, 0.1) is 0 Å². The number of pyridine rings is 1. The molecule has 8 heteroatoms. The Labute approximate surface area is 173 Å². The molecule has 0 saturated carbocycles. The lowest BCUT2D eigenvalue weighted by atomic mass is 10.0. The summed E-state index contributed by atoms with van der Waals surface area (Å²) in [5.74, 6) is -0.491. The van der Waals surface area contributed by atoms with Crippen molar-refractivity contribution in [3.05, 3.63) is 71.6 Å². The summed E-state index contributed by atoms with van der Waals surface area (Å²) in [6, 6.07) is 4.94. The third-order valence-electron chi connectivity index (χ3n) is 4.40. The molecule has 0 fully saturated rings. The zero-order chi connectivity index (χ0) is 22.1. The fourth-order valence-corrected chi connectivity index (χ4v) is 2.96. The number of alkyl halides is 3. The molecule has 1 aliphatic rings. The first kappa shape index (κ1) is 23.4. The van der Waals surface area contributed by atoms with Crippen molar-refractivity contribution in [1.82, 2.24) is 14.8 Å². The highest BCUT2D eigenvalue weighted by Crippen LogP contribution is 2.33. The van der Waals surface area contributed by atoms with Gasteiger partial charge in [0, 0.05) is 24.0 Å². The lowest BCUT2D eigenvalue weighted by Crippen LogP contribution is -2.11. The van der Waals surface area contributed by atoms with E-state index in [1.165, 1.54) is 13.1 Å². The molecule has 0 unspecified atom stereocenters. The van der Waals surface area contributed by atoms with Crippen LogP contribution in [0.2, 0.25) is 0 Å². The molecule has 30 heavy (non-hydrogen) atoms. The summed E-state index contributed by atoms with van der Waals surface area (Å²) >= 11 is 0. The van der Waals surface area contributed by atoms with Crippen LogP contribution in [0.1, 0.15) is 44.5 Å². The molecular formula is C22H25F4N3O. The average molecular weight is 423 g/mol. The smallest absolute Gasteiger partial charge is 0.416 e. The Bertz CT molecular complexity index is 889. The number of nitrogens with zero attached hydrogens (tertiary/aromatic N) is 3. The van der Waals surface area contributed by atoms with Gasteiger partial charge in [-0.15, -0.1) is 0 Å². The van der Waals surface area contributed by atoms with Crippen molar-refractivity contribution in [1.29, 1.82) is 0 Å². The van der Waals surface area contributed by atoms with E-state index in [1.54, 1.807) is 36.0 Å². The van der Waals surface area contributed by atoms with E-state index >= 15 is 0 Å². The summed E-state index contributed by atoms with van der Waals surface area (Å²) < 4.78 is 55.2. The van der Waals surface area contributed by atoms with Crippen LogP contribution >= 0.6 is 0 Å². The Morgan fingerprint density at radius 2 is 2.07 bits per heavy atom. The monoisotopic (exact) mass is 423 g/mol. The van der Waals surface area contributed by atoms with Gasteiger partial charge < -0.3 is 5.11 Å². The minimum atomic E-state index is -4.52. The number of hydrogen-bond donors (Lipinski definition) is 1. The van der Waals surface area contributed by atoms with Crippen LogP contribution in [0.25, 0.3) is 5.57 Å². The fourth-order valence-electron chi connectivity index (χ4n) is 2.96. The zero-order valence-corrected chi connectivity index (χ0v) is 17.0. The lowest BCUT2D eigenvalue weighted by molar-refractivity contribution is -0.0883. The minimum absolute atomic E-state index is 0.119. The normalized spacial score (nSPS) is 15.3. The van der Waals surface area contributed by atoms with Crippen LogP contribution < -0.4 is 0 Å². The molecule has 0 amide bonds. The third kappa shape index (κ3) is 6.57. The minimum Gasteiger partial charge on any atom is -0.506 e. The lowest BCUT2D eigenvalue weighted by Gasteiger charge is -2.12. The van der Waals surface area contributed by atoms with Gasteiger partial charge in [0.15, 0.2) is 0 Å². The summed E-state index contributed by atoms with van der Waals surface area (Å²) in [7, 11) is 0. The molecule has 2 aromatic heterocycles. The first-order chi connectivity index (χ1) is 14.3. The number of aryl methyl sites for hydroxylation is 2. The topological polar surface area (TPSA) is 50.9 Å². The van der Waals surface area contributed by atoms with Crippen LogP contribution in [0.3, 0.4) is 0 Å². The number of fused-ring (bicyclic) bond motifs is 1. The van der Waals surface area contributed by atoms with Gasteiger partial charge in [0.05, 0.1) is 17.5 Å². The SMILES string of the molecule is C\C=C(F)/C(=C\C(=C\CC)C(F)(F)F)c1cc2n(n1)CCCC2.Oc1cccnc1. The first-order valence-electron chi connectivity index (χ1n) is 9.73. The maximum Gasteiger partial charge on any atom is 0.416 e. The Kier molecular flexibility index (Phi) is 8.38. The molecule has 3 rings (SSSR count).